The number of rotatable bonds is 6. The van der Waals surface area contributed by atoms with Crippen molar-refractivity contribution in [2.75, 3.05) is 19.6 Å². The third-order valence-electron chi connectivity index (χ3n) is 5.57. The Hall–Kier alpha value is -2.68. The molecule has 158 valence electrons. The SMILES string of the molecule is Cn1ccc2cc([C@H](O)CNC(=O)c3ccc(S(=O)(=O)N4CCCC4)cc3)ccc21. The van der Waals surface area contributed by atoms with Crippen molar-refractivity contribution in [2.45, 2.75) is 23.8 Å². The Kier molecular flexibility index (Phi) is 5.64. The van der Waals surface area contributed by atoms with Crippen LogP contribution >= 0.6 is 0 Å². The zero-order valence-electron chi connectivity index (χ0n) is 16.8. The predicted molar refractivity (Wildman–Crippen MR) is 115 cm³/mol. The lowest BCUT2D eigenvalue weighted by Crippen LogP contribution is -2.29. The van der Waals surface area contributed by atoms with Crippen LogP contribution in [-0.2, 0) is 17.1 Å². The Morgan fingerprint density at radius 1 is 1.10 bits per heavy atom. The molecule has 0 saturated carbocycles. The fourth-order valence-electron chi connectivity index (χ4n) is 3.77. The molecule has 3 aromatic rings. The van der Waals surface area contributed by atoms with Crippen LogP contribution in [0.25, 0.3) is 10.9 Å². The van der Waals surface area contributed by atoms with E-state index in [2.05, 4.69) is 5.32 Å². The quantitative estimate of drug-likeness (QED) is 0.632. The monoisotopic (exact) mass is 427 g/mol. The smallest absolute Gasteiger partial charge is 0.251 e. The number of benzene rings is 2. The van der Waals surface area contributed by atoms with Gasteiger partial charge in [0.15, 0.2) is 0 Å². The van der Waals surface area contributed by atoms with Crippen molar-refractivity contribution in [2.24, 2.45) is 7.05 Å². The van der Waals surface area contributed by atoms with Crippen LogP contribution in [0.15, 0.2) is 59.6 Å². The number of aryl methyl sites for hydroxylation is 1. The Bertz CT molecular complexity index is 1160. The number of amides is 1. The summed E-state index contributed by atoms with van der Waals surface area (Å²) >= 11 is 0. The first-order valence-corrected chi connectivity index (χ1v) is 11.4. The van der Waals surface area contributed by atoms with Gasteiger partial charge < -0.3 is 15.0 Å². The van der Waals surface area contributed by atoms with Crippen LogP contribution in [0.2, 0.25) is 0 Å². The minimum atomic E-state index is -3.50. The number of sulfonamides is 1. The highest BCUT2D eigenvalue weighted by atomic mass is 32.2. The lowest BCUT2D eigenvalue weighted by atomic mass is 10.1. The lowest BCUT2D eigenvalue weighted by Gasteiger charge is -2.16. The topological polar surface area (TPSA) is 91.6 Å². The Balaban J connectivity index is 1.39. The zero-order valence-corrected chi connectivity index (χ0v) is 17.6. The van der Waals surface area contributed by atoms with E-state index in [1.165, 1.54) is 28.6 Å². The molecule has 4 rings (SSSR count). The van der Waals surface area contributed by atoms with Gasteiger partial charge in [0.1, 0.15) is 0 Å². The minimum absolute atomic E-state index is 0.0605. The zero-order chi connectivity index (χ0) is 21.3. The molecular formula is C22H25N3O4S. The first-order valence-electron chi connectivity index (χ1n) is 9.98. The largest absolute Gasteiger partial charge is 0.387 e. The second kappa shape index (κ2) is 8.22. The van der Waals surface area contributed by atoms with Crippen LogP contribution in [-0.4, -0.2) is 47.9 Å². The summed E-state index contributed by atoms with van der Waals surface area (Å²) in [7, 11) is -1.54. The molecule has 1 amide bonds. The maximum Gasteiger partial charge on any atom is 0.251 e. The lowest BCUT2D eigenvalue weighted by molar-refractivity contribution is 0.0916. The van der Waals surface area contributed by atoms with E-state index in [1.807, 2.05) is 42.1 Å². The number of fused-ring (bicyclic) bond motifs is 1. The number of nitrogens with zero attached hydrogens (tertiary/aromatic N) is 2. The van der Waals surface area contributed by atoms with Crippen molar-refractivity contribution in [3.63, 3.8) is 0 Å². The molecular weight excluding hydrogens is 402 g/mol. The number of nitrogens with one attached hydrogen (secondary N) is 1. The van der Waals surface area contributed by atoms with Gasteiger partial charge in [-0.25, -0.2) is 8.42 Å². The van der Waals surface area contributed by atoms with Gasteiger partial charge in [-0.2, -0.15) is 4.31 Å². The molecule has 2 heterocycles. The fraction of sp³-hybridized carbons (Fsp3) is 0.318. The standard InChI is InChI=1S/C22H25N3O4S/c1-24-13-10-17-14-18(6-9-20(17)24)21(26)15-23-22(27)16-4-7-19(8-5-16)30(28,29)25-11-2-3-12-25/h4-10,13-14,21,26H,2-3,11-12,15H2,1H3,(H,23,27)/t21-/m1/s1. The minimum Gasteiger partial charge on any atom is -0.387 e. The van der Waals surface area contributed by atoms with E-state index in [1.54, 1.807) is 0 Å². The molecule has 1 saturated heterocycles. The van der Waals surface area contributed by atoms with E-state index >= 15 is 0 Å². The summed E-state index contributed by atoms with van der Waals surface area (Å²) in [4.78, 5) is 12.6. The molecule has 0 aliphatic carbocycles. The van der Waals surface area contributed by atoms with Gasteiger partial charge in [-0.05, 0) is 66.3 Å². The van der Waals surface area contributed by atoms with E-state index < -0.39 is 16.1 Å². The molecule has 1 aromatic heterocycles. The Morgan fingerprint density at radius 3 is 2.50 bits per heavy atom. The maximum atomic E-state index is 12.6. The third-order valence-corrected chi connectivity index (χ3v) is 7.48. The first-order chi connectivity index (χ1) is 14.4. The van der Waals surface area contributed by atoms with Gasteiger partial charge in [-0.3, -0.25) is 4.79 Å². The summed E-state index contributed by atoms with van der Waals surface area (Å²) in [6, 6.07) is 13.6. The van der Waals surface area contributed by atoms with Crippen LogP contribution in [0.1, 0.15) is 34.9 Å². The molecule has 1 atom stereocenters. The number of hydrogen-bond acceptors (Lipinski definition) is 4. The van der Waals surface area contributed by atoms with Gasteiger partial charge in [0.2, 0.25) is 10.0 Å². The maximum absolute atomic E-state index is 12.6. The number of aliphatic hydroxyl groups is 1. The number of aromatic nitrogens is 1. The van der Waals surface area contributed by atoms with Crippen molar-refractivity contribution >= 4 is 26.8 Å². The summed E-state index contributed by atoms with van der Waals surface area (Å²) in [6.07, 6.45) is 2.86. The van der Waals surface area contributed by atoms with Gasteiger partial charge in [0.25, 0.3) is 5.91 Å². The van der Waals surface area contributed by atoms with E-state index in [0.29, 0.717) is 18.7 Å². The molecule has 2 N–H and O–H groups in total. The van der Waals surface area contributed by atoms with Gasteiger partial charge in [-0.1, -0.05) is 6.07 Å². The van der Waals surface area contributed by atoms with Gasteiger partial charge in [-0.15, -0.1) is 0 Å². The molecule has 30 heavy (non-hydrogen) atoms. The summed E-state index contributed by atoms with van der Waals surface area (Å²) in [6.45, 7) is 1.14. The third kappa shape index (κ3) is 3.98. The van der Waals surface area contributed by atoms with E-state index in [-0.39, 0.29) is 17.3 Å². The summed E-state index contributed by atoms with van der Waals surface area (Å²) in [5.41, 5.74) is 2.14. The second-order valence-electron chi connectivity index (χ2n) is 7.61. The highest BCUT2D eigenvalue weighted by Gasteiger charge is 2.27. The molecule has 0 bridgehead atoms. The molecule has 1 aliphatic heterocycles. The van der Waals surface area contributed by atoms with Crippen LogP contribution in [0, 0.1) is 0 Å². The molecule has 0 spiro atoms. The average molecular weight is 428 g/mol. The first kappa shape index (κ1) is 20.6. The highest BCUT2D eigenvalue weighted by molar-refractivity contribution is 7.89. The van der Waals surface area contributed by atoms with Gasteiger partial charge >= 0.3 is 0 Å². The molecule has 0 unspecified atom stereocenters. The van der Waals surface area contributed by atoms with Crippen LogP contribution in [0.3, 0.4) is 0 Å². The van der Waals surface area contributed by atoms with Crippen LogP contribution < -0.4 is 5.32 Å². The van der Waals surface area contributed by atoms with Crippen molar-refractivity contribution < 1.29 is 18.3 Å². The summed E-state index contributed by atoms with van der Waals surface area (Å²) in [5.74, 6) is -0.361. The normalized spacial score (nSPS) is 16.1. The summed E-state index contributed by atoms with van der Waals surface area (Å²) < 4.78 is 28.6. The molecule has 1 aliphatic rings. The van der Waals surface area contributed by atoms with Crippen LogP contribution in [0.5, 0.6) is 0 Å². The second-order valence-corrected chi connectivity index (χ2v) is 9.54. The van der Waals surface area contributed by atoms with Crippen molar-refractivity contribution in [3.05, 3.63) is 65.9 Å². The van der Waals surface area contributed by atoms with Crippen LogP contribution in [0.4, 0.5) is 0 Å². The van der Waals surface area contributed by atoms with E-state index in [4.69, 9.17) is 0 Å². The number of aliphatic hydroxyl groups excluding tert-OH is 1. The molecule has 1 fully saturated rings. The Morgan fingerprint density at radius 2 is 1.80 bits per heavy atom. The number of carbonyl (C=O) groups is 1. The molecule has 2 aromatic carbocycles. The van der Waals surface area contributed by atoms with Crippen molar-refractivity contribution in [1.29, 1.82) is 0 Å². The van der Waals surface area contributed by atoms with Gasteiger partial charge in [0, 0.05) is 44.0 Å². The van der Waals surface area contributed by atoms with Crippen molar-refractivity contribution in [3.8, 4) is 0 Å². The Labute approximate surface area is 176 Å². The molecule has 7 nitrogen and oxygen atoms in total. The fourth-order valence-corrected chi connectivity index (χ4v) is 5.29. The molecule has 0 radical (unpaired) electrons. The highest BCUT2D eigenvalue weighted by Crippen LogP contribution is 2.22. The summed E-state index contributed by atoms with van der Waals surface area (Å²) in [5, 5.41) is 14.2. The van der Waals surface area contributed by atoms with Crippen molar-refractivity contribution in [1.82, 2.24) is 14.2 Å². The van der Waals surface area contributed by atoms with E-state index in [0.717, 1.165) is 29.3 Å². The average Bonchev–Trinajstić information content (AvgIpc) is 3.42. The van der Waals surface area contributed by atoms with E-state index in [9.17, 15) is 18.3 Å². The van der Waals surface area contributed by atoms with Gasteiger partial charge in [0.05, 0.1) is 11.0 Å². The number of carbonyl (C=O) groups excluding carboxylic acids is 1. The number of hydrogen-bond donors (Lipinski definition) is 2. The molecule has 8 heteroatoms. The predicted octanol–water partition coefficient (Wildman–Crippen LogP) is 2.43.